The lowest BCUT2D eigenvalue weighted by atomic mass is 10.1. The van der Waals surface area contributed by atoms with E-state index >= 15 is 0 Å². The van der Waals surface area contributed by atoms with E-state index < -0.39 is 0 Å². The van der Waals surface area contributed by atoms with E-state index in [0.29, 0.717) is 0 Å². The number of rotatable bonds is 2. The van der Waals surface area contributed by atoms with E-state index in [2.05, 4.69) is 17.9 Å². The molecule has 17 heavy (non-hydrogen) atoms. The van der Waals surface area contributed by atoms with Crippen LogP contribution in [0.25, 0.3) is 0 Å². The van der Waals surface area contributed by atoms with Gasteiger partial charge in [-0.25, -0.2) is 0 Å². The Morgan fingerprint density at radius 2 is 2.29 bits per heavy atom. The molecule has 2 rings (SSSR count). The molecular formula is C13H19ClN2O. The molecule has 1 heterocycles. The average molecular weight is 255 g/mol. The van der Waals surface area contributed by atoms with Crippen molar-refractivity contribution in [3.05, 3.63) is 28.8 Å². The van der Waals surface area contributed by atoms with Crippen LogP contribution in [-0.4, -0.2) is 25.8 Å². The van der Waals surface area contributed by atoms with Crippen molar-refractivity contribution in [2.75, 3.05) is 24.6 Å². The normalized spacial score (nSPS) is 22.6. The number of ether oxygens (including phenoxy) is 1. The molecule has 2 atom stereocenters. The second-order valence-electron chi connectivity index (χ2n) is 4.63. The van der Waals surface area contributed by atoms with Crippen LogP contribution in [0.15, 0.2) is 18.2 Å². The molecular weight excluding hydrogens is 236 g/mol. The van der Waals surface area contributed by atoms with Crippen LogP contribution in [0.5, 0.6) is 0 Å². The number of nitrogens with two attached hydrogens (primary N) is 1. The van der Waals surface area contributed by atoms with Gasteiger partial charge >= 0.3 is 0 Å². The molecule has 1 fully saturated rings. The smallest absolute Gasteiger partial charge is 0.0722 e. The first kappa shape index (κ1) is 12.7. The van der Waals surface area contributed by atoms with Crippen molar-refractivity contribution in [2.24, 2.45) is 5.73 Å². The topological polar surface area (TPSA) is 38.5 Å². The molecule has 0 spiro atoms. The van der Waals surface area contributed by atoms with Gasteiger partial charge in [-0.2, -0.15) is 0 Å². The van der Waals surface area contributed by atoms with E-state index in [1.54, 1.807) is 0 Å². The van der Waals surface area contributed by atoms with Crippen molar-refractivity contribution in [1.82, 2.24) is 0 Å². The maximum Gasteiger partial charge on any atom is 0.0722 e. The Morgan fingerprint density at radius 1 is 1.53 bits per heavy atom. The lowest BCUT2D eigenvalue weighted by Gasteiger charge is -2.33. The van der Waals surface area contributed by atoms with Gasteiger partial charge in [0.25, 0.3) is 0 Å². The minimum absolute atomic E-state index is 0.0187. The minimum Gasteiger partial charge on any atom is -0.375 e. The first-order chi connectivity index (χ1) is 8.08. The molecule has 4 heteroatoms. The molecule has 1 saturated heterocycles. The maximum absolute atomic E-state index is 6.32. The molecule has 0 bridgehead atoms. The third-order valence-electron chi connectivity index (χ3n) is 3.08. The summed E-state index contributed by atoms with van der Waals surface area (Å²) < 4.78 is 5.53. The van der Waals surface area contributed by atoms with Gasteiger partial charge in [-0.15, -0.1) is 0 Å². The number of halogens is 1. The Bertz CT molecular complexity index is 395. The maximum atomic E-state index is 6.32. The molecule has 0 aromatic heterocycles. The molecule has 1 aliphatic rings. The van der Waals surface area contributed by atoms with Gasteiger partial charge in [0.2, 0.25) is 0 Å². The Labute approximate surface area is 107 Å². The van der Waals surface area contributed by atoms with Gasteiger partial charge in [-0.05, 0) is 31.5 Å². The quantitative estimate of drug-likeness (QED) is 0.882. The van der Waals surface area contributed by atoms with Gasteiger partial charge in [0, 0.05) is 19.1 Å². The summed E-state index contributed by atoms with van der Waals surface area (Å²) >= 11 is 6.32. The average Bonchev–Trinajstić information content (AvgIpc) is 2.28. The van der Waals surface area contributed by atoms with Gasteiger partial charge in [0.1, 0.15) is 0 Å². The van der Waals surface area contributed by atoms with E-state index in [9.17, 15) is 0 Å². The summed E-state index contributed by atoms with van der Waals surface area (Å²) in [6.07, 6.45) is 0.257. The third kappa shape index (κ3) is 2.92. The van der Waals surface area contributed by atoms with Crippen molar-refractivity contribution in [2.45, 2.75) is 26.0 Å². The molecule has 2 N–H and O–H groups in total. The van der Waals surface area contributed by atoms with Crippen LogP contribution in [0.4, 0.5) is 5.69 Å². The van der Waals surface area contributed by atoms with E-state index in [-0.39, 0.29) is 12.1 Å². The first-order valence-corrected chi connectivity index (χ1v) is 6.37. The monoisotopic (exact) mass is 254 g/mol. The van der Waals surface area contributed by atoms with Crippen molar-refractivity contribution in [3.63, 3.8) is 0 Å². The summed E-state index contributed by atoms with van der Waals surface area (Å²) in [6, 6.07) is 6.08. The summed E-state index contributed by atoms with van der Waals surface area (Å²) in [5.74, 6) is 0. The predicted octanol–water partition coefficient (Wildman–Crippen LogP) is 2.58. The highest BCUT2D eigenvalue weighted by Crippen LogP contribution is 2.29. The molecule has 3 nitrogen and oxygen atoms in total. The Hall–Kier alpha value is -0.770. The molecule has 0 aliphatic carbocycles. The molecule has 1 aromatic carbocycles. The number of hydrogen-bond acceptors (Lipinski definition) is 3. The third-order valence-corrected chi connectivity index (χ3v) is 3.38. The standard InChI is InChI=1S/C13H19ClN2O/c1-9-8-16(5-6-17-9)13-4-3-11(10(2)15)7-12(13)14/h3-4,7,9-10H,5-6,8,15H2,1-2H3/t9?,10-/m1/s1. The summed E-state index contributed by atoms with van der Waals surface area (Å²) in [5, 5.41) is 0.772. The van der Waals surface area contributed by atoms with E-state index in [1.807, 2.05) is 19.1 Å². The summed E-state index contributed by atoms with van der Waals surface area (Å²) in [4.78, 5) is 2.27. The number of anilines is 1. The lowest BCUT2D eigenvalue weighted by Crippen LogP contribution is -2.41. The van der Waals surface area contributed by atoms with Crippen LogP contribution in [0, 0.1) is 0 Å². The Balaban J connectivity index is 2.21. The number of benzene rings is 1. The molecule has 1 aliphatic heterocycles. The minimum atomic E-state index is 0.0187. The van der Waals surface area contributed by atoms with Crippen LogP contribution in [0.2, 0.25) is 5.02 Å². The summed E-state index contributed by atoms with van der Waals surface area (Å²) in [6.45, 7) is 6.57. The highest BCUT2D eigenvalue weighted by molar-refractivity contribution is 6.33. The van der Waals surface area contributed by atoms with E-state index in [1.165, 1.54) is 0 Å². The second kappa shape index (κ2) is 5.25. The zero-order chi connectivity index (χ0) is 12.4. The van der Waals surface area contributed by atoms with Crippen molar-refractivity contribution in [1.29, 1.82) is 0 Å². The second-order valence-corrected chi connectivity index (χ2v) is 5.03. The number of nitrogens with zero attached hydrogens (tertiary/aromatic N) is 1. The summed E-state index contributed by atoms with van der Waals surface area (Å²) in [5.41, 5.74) is 7.99. The van der Waals surface area contributed by atoms with Gasteiger partial charge in [0.15, 0.2) is 0 Å². The van der Waals surface area contributed by atoms with Crippen LogP contribution in [0.3, 0.4) is 0 Å². The zero-order valence-corrected chi connectivity index (χ0v) is 11.1. The molecule has 0 saturated carbocycles. The fraction of sp³-hybridized carbons (Fsp3) is 0.538. The molecule has 0 amide bonds. The predicted molar refractivity (Wildman–Crippen MR) is 71.7 cm³/mol. The molecule has 1 unspecified atom stereocenters. The van der Waals surface area contributed by atoms with Crippen LogP contribution < -0.4 is 10.6 Å². The highest BCUT2D eigenvalue weighted by atomic mass is 35.5. The fourth-order valence-corrected chi connectivity index (χ4v) is 2.41. The van der Waals surface area contributed by atoms with Crippen molar-refractivity contribution in [3.8, 4) is 0 Å². The lowest BCUT2D eigenvalue weighted by molar-refractivity contribution is 0.0532. The van der Waals surface area contributed by atoms with Gasteiger partial charge in [0.05, 0.1) is 23.4 Å². The SMILES string of the molecule is CC1CN(c2ccc([C@@H](C)N)cc2Cl)CCO1. The first-order valence-electron chi connectivity index (χ1n) is 5.99. The number of morpholine rings is 1. The summed E-state index contributed by atoms with van der Waals surface area (Å²) in [7, 11) is 0. The van der Waals surface area contributed by atoms with Crippen LogP contribution in [0.1, 0.15) is 25.5 Å². The van der Waals surface area contributed by atoms with E-state index in [4.69, 9.17) is 22.1 Å². The van der Waals surface area contributed by atoms with Gasteiger partial charge < -0.3 is 15.4 Å². The van der Waals surface area contributed by atoms with Crippen molar-refractivity contribution >= 4 is 17.3 Å². The van der Waals surface area contributed by atoms with Gasteiger partial charge in [-0.3, -0.25) is 0 Å². The van der Waals surface area contributed by atoms with Gasteiger partial charge in [-0.1, -0.05) is 17.7 Å². The highest BCUT2D eigenvalue weighted by Gasteiger charge is 2.19. The number of hydrogen-bond donors (Lipinski definition) is 1. The Morgan fingerprint density at radius 3 is 2.88 bits per heavy atom. The largest absolute Gasteiger partial charge is 0.375 e. The molecule has 94 valence electrons. The van der Waals surface area contributed by atoms with E-state index in [0.717, 1.165) is 36.0 Å². The Kier molecular flexibility index (Phi) is 3.92. The fourth-order valence-electron chi connectivity index (χ4n) is 2.10. The molecule has 1 aromatic rings. The van der Waals surface area contributed by atoms with Crippen molar-refractivity contribution < 1.29 is 4.74 Å². The molecule has 0 radical (unpaired) electrons. The zero-order valence-electron chi connectivity index (χ0n) is 10.3. The van der Waals surface area contributed by atoms with Crippen LogP contribution >= 0.6 is 11.6 Å². The van der Waals surface area contributed by atoms with Crippen LogP contribution in [-0.2, 0) is 4.74 Å².